The second-order valence-electron chi connectivity index (χ2n) is 5.45. The number of hydrogen-bond acceptors (Lipinski definition) is 5. The van der Waals surface area contributed by atoms with E-state index in [1.165, 1.54) is 0 Å². The number of carbonyl (C=O) groups excluding carboxylic acids is 1. The molecule has 0 radical (unpaired) electrons. The third-order valence-corrected chi connectivity index (χ3v) is 3.53. The first-order valence-electron chi connectivity index (χ1n) is 7.50. The molecule has 1 atom stereocenters. The summed E-state index contributed by atoms with van der Waals surface area (Å²) in [6, 6.07) is 14.7. The Hall–Kier alpha value is -3.15. The molecule has 0 saturated heterocycles. The fourth-order valence-electron chi connectivity index (χ4n) is 2.28. The summed E-state index contributed by atoms with van der Waals surface area (Å²) in [4.78, 5) is 15.9. The molecule has 3 aromatic rings. The van der Waals surface area contributed by atoms with Crippen molar-refractivity contribution < 1.29 is 14.1 Å². The zero-order valence-electron chi connectivity index (χ0n) is 13.4. The molecular formula is C18H17N3O3. The second-order valence-corrected chi connectivity index (χ2v) is 5.45. The number of nitrogens with zero attached hydrogens (tertiary/aromatic N) is 2. The summed E-state index contributed by atoms with van der Waals surface area (Å²) < 4.78 is 11.1. The highest BCUT2D eigenvalue weighted by atomic mass is 16.5. The van der Waals surface area contributed by atoms with Crippen LogP contribution in [-0.4, -0.2) is 16.0 Å². The van der Waals surface area contributed by atoms with Gasteiger partial charge < -0.3 is 15.0 Å². The van der Waals surface area contributed by atoms with E-state index in [1.54, 1.807) is 25.1 Å². The number of benzene rings is 2. The van der Waals surface area contributed by atoms with E-state index in [9.17, 15) is 4.79 Å². The van der Waals surface area contributed by atoms with Crippen molar-refractivity contribution in [3.05, 3.63) is 65.5 Å². The van der Waals surface area contributed by atoms with Gasteiger partial charge in [-0.15, -0.1) is 0 Å². The van der Waals surface area contributed by atoms with Crippen LogP contribution in [0.1, 0.15) is 34.8 Å². The molecule has 0 saturated carbocycles. The Bertz CT molecular complexity index is 859. The van der Waals surface area contributed by atoms with Crippen molar-refractivity contribution in [2.75, 3.05) is 0 Å². The normalized spacial score (nSPS) is 11.9. The molecule has 2 N–H and O–H groups in total. The molecule has 0 aliphatic rings. The van der Waals surface area contributed by atoms with E-state index in [0.29, 0.717) is 23.0 Å². The molecule has 24 heavy (non-hydrogen) atoms. The zero-order chi connectivity index (χ0) is 17.1. The Morgan fingerprint density at radius 1 is 1.21 bits per heavy atom. The van der Waals surface area contributed by atoms with Gasteiger partial charge in [0.15, 0.2) is 6.10 Å². The Morgan fingerprint density at radius 2 is 1.96 bits per heavy atom. The average molecular weight is 323 g/mol. The summed E-state index contributed by atoms with van der Waals surface area (Å²) in [6.07, 6.45) is -0.519. The third-order valence-electron chi connectivity index (χ3n) is 3.53. The van der Waals surface area contributed by atoms with E-state index in [0.717, 1.165) is 11.1 Å². The summed E-state index contributed by atoms with van der Waals surface area (Å²) >= 11 is 0. The van der Waals surface area contributed by atoms with Gasteiger partial charge in [0.2, 0.25) is 5.82 Å². The molecule has 0 aliphatic heterocycles. The molecule has 1 unspecified atom stereocenters. The van der Waals surface area contributed by atoms with Crippen molar-refractivity contribution in [1.29, 1.82) is 0 Å². The minimum Gasteiger partial charge on any atom is -0.480 e. The molecule has 122 valence electrons. The second kappa shape index (κ2) is 6.54. The molecule has 3 rings (SSSR count). The zero-order valence-corrected chi connectivity index (χ0v) is 13.4. The van der Waals surface area contributed by atoms with E-state index < -0.39 is 12.0 Å². The van der Waals surface area contributed by atoms with Gasteiger partial charge in [0.1, 0.15) is 5.75 Å². The number of rotatable bonds is 5. The first kappa shape index (κ1) is 15.7. The number of aryl methyl sites for hydroxylation is 1. The topological polar surface area (TPSA) is 91.2 Å². The number of nitrogens with two attached hydrogens (primary N) is 1. The Kier molecular flexibility index (Phi) is 4.29. The maximum absolute atomic E-state index is 11.5. The lowest BCUT2D eigenvalue weighted by Gasteiger charge is -2.14. The smallest absolute Gasteiger partial charge is 0.267 e. The lowest BCUT2D eigenvalue weighted by atomic mass is 10.1. The van der Waals surface area contributed by atoms with Gasteiger partial charge in [0.25, 0.3) is 11.8 Å². The summed E-state index contributed by atoms with van der Waals surface area (Å²) in [5.41, 5.74) is 7.51. The molecule has 1 amide bonds. The quantitative estimate of drug-likeness (QED) is 0.778. The van der Waals surface area contributed by atoms with E-state index >= 15 is 0 Å². The van der Waals surface area contributed by atoms with Crippen molar-refractivity contribution in [2.24, 2.45) is 5.73 Å². The summed E-state index contributed by atoms with van der Waals surface area (Å²) in [5, 5.41) is 3.97. The van der Waals surface area contributed by atoms with Crippen molar-refractivity contribution >= 4 is 5.91 Å². The summed E-state index contributed by atoms with van der Waals surface area (Å²) in [5.74, 6) is 0.661. The Balaban J connectivity index is 1.84. The van der Waals surface area contributed by atoms with Gasteiger partial charge in [-0.25, -0.2) is 0 Å². The third kappa shape index (κ3) is 3.27. The van der Waals surface area contributed by atoms with E-state index in [2.05, 4.69) is 10.1 Å². The number of primary amides is 1. The molecule has 0 aliphatic carbocycles. The molecule has 6 nitrogen and oxygen atoms in total. The van der Waals surface area contributed by atoms with Gasteiger partial charge in [0, 0.05) is 5.56 Å². The molecule has 1 aromatic heterocycles. The van der Waals surface area contributed by atoms with Crippen molar-refractivity contribution in [2.45, 2.75) is 20.0 Å². The SMILES string of the molecule is Cc1ccc(C(N)=O)c(OC(C)c2nc(-c3ccccc3)no2)c1. The number of hydrogen-bond donors (Lipinski definition) is 1. The van der Waals surface area contributed by atoms with Gasteiger partial charge >= 0.3 is 0 Å². The summed E-state index contributed by atoms with van der Waals surface area (Å²) in [6.45, 7) is 3.68. The number of carbonyl (C=O) groups is 1. The fourth-order valence-corrected chi connectivity index (χ4v) is 2.28. The van der Waals surface area contributed by atoms with Gasteiger partial charge in [0.05, 0.1) is 5.56 Å². The fraction of sp³-hybridized carbons (Fsp3) is 0.167. The largest absolute Gasteiger partial charge is 0.480 e. The van der Waals surface area contributed by atoms with Gasteiger partial charge in [-0.05, 0) is 31.5 Å². The standard InChI is InChI=1S/C18H17N3O3/c1-11-8-9-14(16(19)22)15(10-11)23-12(2)18-20-17(21-24-18)13-6-4-3-5-7-13/h3-10,12H,1-2H3,(H2,19,22). The van der Waals surface area contributed by atoms with Crippen LogP contribution in [0.4, 0.5) is 0 Å². The van der Waals surface area contributed by atoms with Crippen LogP contribution in [-0.2, 0) is 0 Å². The Labute approximate surface area is 139 Å². The number of ether oxygens (including phenoxy) is 1. The summed E-state index contributed by atoms with van der Waals surface area (Å²) in [7, 11) is 0. The predicted molar refractivity (Wildman–Crippen MR) is 88.5 cm³/mol. The monoisotopic (exact) mass is 323 g/mol. The first-order chi connectivity index (χ1) is 11.5. The van der Waals surface area contributed by atoms with E-state index in [1.807, 2.05) is 37.3 Å². The first-order valence-corrected chi connectivity index (χ1v) is 7.50. The lowest BCUT2D eigenvalue weighted by molar-refractivity contribution is 0.0991. The maximum atomic E-state index is 11.5. The minimum atomic E-state index is -0.548. The minimum absolute atomic E-state index is 0.315. The molecule has 0 fully saturated rings. The van der Waals surface area contributed by atoms with Crippen LogP contribution in [0, 0.1) is 6.92 Å². The van der Waals surface area contributed by atoms with Crippen LogP contribution in [0.15, 0.2) is 53.1 Å². The lowest BCUT2D eigenvalue weighted by Crippen LogP contribution is -2.14. The van der Waals surface area contributed by atoms with Crippen molar-refractivity contribution in [3.63, 3.8) is 0 Å². The van der Waals surface area contributed by atoms with Gasteiger partial charge in [-0.1, -0.05) is 41.6 Å². The van der Waals surface area contributed by atoms with Gasteiger partial charge in [-0.2, -0.15) is 4.98 Å². The van der Waals surface area contributed by atoms with E-state index in [-0.39, 0.29) is 0 Å². The molecular weight excluding hydrogens is 306 g/mol. The van der Waals surface area contributed by atoms with Crippen LogP contribution in [0.2, 0.25) is 0 Å². The van der Waals surface area contributed by atoms with Crippen LogP contribution in [0.25, 0.3) is 11.4 Å². The predicted octanol–water partition coefficient (Wildman–Crippen LogP) is 3.28. The van der Waals surface area contributed by atoms with Crippen molar-refractivity contribution in [1.82, 2.24) is 10.1 Å². The van der Waals surface area contributed by atoms with E-state index in [4.69, 9.17) is 15.0 Å². The number of aromatic nitrogens is 2. The average Bonchev–Trinajstić information content (AvgIpc) is 3.05. The van der Waals surface area contributed by atoms with Crippen LogP contribution < -0.4 is 10.5 Å². The molecule has 0 spiro atoms. The highest BCUT2D eigenvalue weighted by Crippen LogP contribution is 2.27. The molecule has 0 bridgehead atoms. The number of amides is 1. The highest BCUT2D eigenvalue weighted by Gasteiger charge is 2.19. The van der Waals surface area contributed by atoms with Gasteiger partial charge in [-0.3, -0.25) is 4.79 Å². The molecule has 2 aromatic carbocycles. The van der Waals surface area contributed by atoms with Crippen LogP contribution in [0.3, 0.4) is 0 Å². The Morgan fingerprint density at radius 3 is 2.67 bits per heavy atom. The van der Waals surface area contributed by atoms with Crippen LogP contribution in [0.5, 0.6) is 5.75 Å². The highest BCUT2D eigenvalue weighted by molar-refractivity contribution is 5.95. The molecule has 1 heterocycles. The van der Waals surface area contributed by atoms with Crippen molar-refractivity contribution in [3.8, 4) is 17.1 Å². The maximum Gasteiger partial charge on any atom is 0.267 e. The molecule has 6 heteroatoms. The van der Waals surface area contributed by atoms with Crippen LogP contribution >= 0.6 is 0 Å².